The van der Waals surface area contributed by atoms with Gasteiger partial charge in [-0.25, -0.2) is 13.9 Å². The van der Waals surface area contributed by atoms with Crippen LogP contribution in [0.4, 0.5) is 4.39 Å². The van der Waals surface area contributed by atoms with Crippen LogP contribution >= 0.6 is 19.3 Å². The average molecular weight is 692 g/mol. The number of hydrogen-bond acceptors (Lipinski definition) is 13. The molecule has 5 unspecified atom stereocenters. The summed E-state index contributed by atoms with van der Waals surface area (Å²) in [6.45, 7) is 6.49. The zero-order valence-electron chi connectivity index (χ0n) is 26.0. The minimum absolute atomic E-state index is 0.0899. The molecule has 1 aromatic carbocycles. The number of benzene rings is 1. The van der Waals surface area contributed by atoms with Crippen LogP contribution < -0.4 is 14.3 Å². The van der Waals surface area contributed by atoms with Gasteiger partial charge in [0.1, 0.15) is 17.8 Å². The van der Waals surface area contributed by atoms with Gasteiger partial charge in [-0.05, 0) is 51.4 Å². The van der Waals surface area contributed by atoms with E-state index in [0.717, 1.165) is 0 Å². The molecule has 3 aliphatic rings. The number of tetrazole rings is 1. The normalized spacial score (nSPS) is 30.8. The summed E-state index contributed by atoms with van der Waals surface area (Å²) in [7, 11) is -2.80. The number of hydrogen-bond donors (Lipinski definition) is 2. The molecule has 3 aromatic heterocycles. The van der Waals surface area contributed by atoms with E-state index in [1.165, 1.54) is 20.4 Å². The van der Waals surface area contributed by atoms with E-state index >= 15 is 4.39 Å². The predicted octanol–water partition coefficient (Wildman–Crippen LogP) is 3.62. The Hall–Kier alpha value is -3.76. The maximum Gasteiger partial charge on any atom is 0.459 e. The highest BCUT2D eigenvalue weighted by Gasteiger charge is 2.97. The van der Waals surface area contributed by atoms with Crippen LogP contribution in [0.3, 0.4) is 0 Å². The van der Waals surface area contributed by atoms with Gasteiger partial charge in [-0.3, -0.25) is 9.32 Å². The highest BCUT2D eigenvalue weighted by molar-refractivity contribution is 7.52. The Morgan fingerprint density at radius 1 is 1.26 bits per heavy atom. The highest BCUT2D eigenvalue weighted by Crippen LogP contribution is 2.88. The van der Waals surface area contributed by atoms with Crippen LogP contribution in [0.1, 0.15) is 39.6 Å². The number of rotatable bonds is 13. The van der Waals surface area contributed by atoms with Gasteiger partial charge < -0.3 is 23.3 Å². The summed E-state index contributed by atoms with van der Waals surface area (Å²) in [5.74, 6) is -3.26. The number of ether oxygens (including phenoxy) is 3. The fourth-order valence-electron chi connectivity index (χ4n) is 7.18. The van der Waals surface area contributed by atoms with Crippen molar-refractivity contribution < 1.29 is 37.0 Å². The maximum absolute atomic E-state index is 16.8. The number of aromatic amines is 1. The van der Waals surface area contributed by atoms with Gasteiger partial charge in [0.15, 0.2) is 17.0 Å². The Morgan fingerprint density at radius 2 is 2.02 bits per heavy atom. The van der Waals surface area contributed by atoms with E-state index in [-0.39, 0.29) is 35.6 Å². The topological polar surface area (TPSA) is 190 Å². The molecule has 7 rings (SSSR count). The Morgan fingerprint density at radius 3 is 2.70 bits per heavy atom. The molecule has 4 aromatic rings. The number of para-hydroxylation sites is 1. The lowest BCUT2D eigenvalue weighted by molar-refractivity contribution is -0.149. The van der Waals surface area contributed by atoms with Crippen molar-refractivity contribution in [1.82, 2.24) is 45.2 Å². The second-order valence-corrected chi connectivity index (χ2v) is 14.3. The van der Waals surface area contributed by atoms with Crippen molar-refractivity contribution in [2.24, 2.45) is 17.3 Å². The first-order valence-corrected chi connectivity index (χ1v) is 16.8. The van der Waals surface area contributed by atoms with E-state index in [4.69, 9.17) is 34.9 Å². The zero-order valence-corrected chi connectivity index (χ0v) is 27.6. The number of fused-ring (bicyclic) bond motifs is 4. The molecular weight excluding hydrogens is 660 g/mol. The number of esters is 1. The van der Waals surface area contributed by atoms with Gasteiger partial charge in [-0.2, -0.15) is 20.3 Å². The van der Waals surface area contributed by atoms with Crippen LogP contribution in [-0.4, -0.2) is 83.4 Å². The van der Waals surface area contributed by atoms with E-state index in [2.05, 4.69) is 40.7 Å². The Balaban J connectivity index is 1.19. The van der Waals surface area contributed by atoms with Gasteiger partial charge in [0.05, 0.1) is 37.7 Å². The monoisotopic (exact) mass is 691 g/mol. The lowest BCUT2D eigenvalue weighted by Gasteiger charge is -2.24. The number of nitrogens with one attached hydrogen (secondary N) is 2. The summed E-state index contributed by atoms with van der Waals surface area (Å²) in [5.41, 5.74) is -1.43. The third-order valence-corrected chi connectivity index (χ3v) is 11.0. The van der Waals surface area contributed by atoms with Crippen molar-refractivity contribution in [1.29, 1.82) is 0 Å². The number of methoxy groups -OCH3 is 1. The molecule has 0 bridgehead atoms. The molecule has 4 heterocycles. The first-order chi connectivity index (χ1) is 22.3. The smallest absolute Gasteiger partial charge is 0.459 e. The van der Waals surface area contributed by atoms with Gasteiger partial charge in [0, 0.05) is 17.8 Å². The molecule has 0 amide bonds. The average Bonchev–Trinajstić information content (AvgIpc) is 3.41. The number of halogens is 2. The Bertz CT molecular complexity index is 1870. The van der Waals surface area contributed by atoms with Crippen LogP contribution in [0.2, 0.25) is 5.28 Å². The maximum atomic E-state index is 16.8. The number of H-pyrrole nitrogens is 1. The molecule has 0 radical (unpaired) electrons. The minimum atomic E-state index is -4.22. The number of imidazole rings is 1. The molecule has 1 aliphatic heterocycles. The fraction of sp³-hybridized carbons (Fsp3) is 0.536. The third kappa shape index (κ3) is 5.06. The van der Waals surface area contributed by atoms with Crippen molar-refractivity contribution in [2.45, 2.75) is 63.8 Å². The van der Waals surface area contributed by atoms with Gasteiger partial charge in [0.2, 0.25) is 17.0 Å². The number of carbonyl (C=O) groups excluding carboxylic acids is 1. The van der Waals surface area contributed by atoms with E-state index in [0.29, 0.717) is 11.3 Å². The van der Waals surface area contributed by atoms with Gasteiger partial charge in [-0.15, -0.1) is 10.2 Å². The van der Waals surface area contributed by atoms with Gasteiger partial charge >= 0.3 is 13.7 Å². The van der Waals surface area contributed by atoms with Crippen molar-refractivity contribution >= 4 is 36.5 Å². The molecule has 16 nitrogen and oxygen atoms in total. The molecular formula is C28H32ClFN9O7P. The predicted molar refractivity (Wildman–Crippen MR) is 161 cm³/mol. The number of aromatic nitrogens is 8. The molecule has 8 atom stereocenters. The van der Waals surface area contributed by atoms with E-state index in [1.807, 2.05) is 0 Å². The Kier molecular flexibility index (Phi) is 7.55. The third-order valence-electron chi connectivity index (χ3n) is 9.22. The molecule has 3 fully saturated rings. The Labute approximate surface area is 272 Å². The quantitative estimate of drug-likeness (QED) is 0.117. The first kappa shape index (κ1) is 31.8. The van der Waals surface area contributed by atoms with Crippen LogP contribution in [0.15, 0.2) is 36.7 Å². The van der Waals surface area contributed by atoms with Gasteiger partial charge in [-0.1, -0.05) is 23.4 Å². The number of alkyl halides is 1. The molecule has 2 aliphatic carbocycles. The summed E-state index contributed by atoms with van der Waals surface area (Å²) >= 11 is 6.15. The molecule has 2 N–H and O–H groups in total. The molecule has 2 saturated carbocycles. The summed E-state index contributed by atoms with van der Waals surface area (Å²) in [6.07, 6.45) is 1.22. The van der Waals surface area contributed by atoms with Gasteiger partial charge in [0.25, 0.3) is 0 Å². The minimum Gasteiger partial charge on any atom is -0.479 e. The summed E-state index contributed by atoms with van der Waals surface area (Å²) in [6, 6.07) is 6.50. The van der Waals surface area contributed by atoms with E-state index in [1.54, 1.807) is 55.7 Å². The molecule has 47 heavy (non-hydrogen) atoms. The van der Waals surface area contributed by atoms with E-state index in [9.17, 15) is 9.36 Å². The van der Waals surface area contributed by atoms with Crippen molar-refractivity contribution in [2.75, 3.05) is 13.7 Å². The molecule has 0 spiro atoms. The van der Waals surface area contributed by atoms with Crippen LogP contribution in [0.25, 0.3) is 11.2 Å². The van der Waals surface area contributed by atoms with Crippen molar-refractivity contribution in [3.05, 3.63) is 47.8 Å². The van der Waals surface area contributed by atoms with Crippen molar-refractivity contribution in [3.63, 3.8) is 0 Å². The molecule has 250 valence electrons. The molecule has 1 saturated heterocycles. The standard InChI is InChI=1S/C28H32ClFN9O7P/c1-14(2)44-24(40)15(3)36-47(41,45-16-9-7-6-8-10-16)43-12-17-26(4)27(17,11-18-34-37-38-35-18)20-21(28(20,30)46-26)39-13-31-19-22(39)32-25(29)33-23(19)42-5/h6-10,13-15,17,20-21H,11-12H2,1-5H3,(H,36,41)(H,34,35,37,38)/t15-,17-,20?,21-,26?,27?,28?,47?/m0/s1. The largest absolute Gasteiger partial charge is 0.479 e. The summed E-state index contributed by atoms with van der Waals surface area (Å²) in [4.78, 5) is 25.3. The summed E-state index contributed by atoms with van der Waals surface area (Å²) in [5, 5.41) is 17.0. The fourth-order valence-corrected chi connectivity index (χ4v) is 8.85. The van der Waals surface area contributed by atoms with Crippen LogP contribution in [0, 0.1) is 17.3 Å². The van der Waals surface area contributed by atoms with E-state index < -0.39 is 60.6 Å². The first-order valence-electron chi connectivity index (χ1n) is 14.9. The second kappa shape index (κ2) is 11.2. The number of carbonyl (C=O) groups is 1. The van der Waals surface area contributed by atoms with Crippen LogP contribution in [-0.2, 0) is 29.8 Å². The zero-order chi connectivity index (χ0) is 33.4. The highest BCUT2D eigenvalue weighted by atomic mass is 35.5. The lowest BCUT2D eigenvalue weighted by atomic mass is 9.90. The second-order valence-electron chi connectivity index (χ2n) is 12.3. The number of nitrogens with zero attached hydrogens (tertiary/aromatic N) is 7. The summed E-state index contributed by atoms with van der Waals surface area (Å²) < 4.78 is 61.3. The lowest BCUT2D eigenvalue weighted by Crippen LogP contribution is -2.36. The SMILES string of the molecule is COc1nc(Cl)nc2c1ncn2[C@H]1C2C1(F)OC1(C)[C@H](COP(=O)(N[C@@H](C)C(=O)OC(C)C)Oc3ccccc3)C21Cc1nn[nH]n1. The van der Waals surface area contributed by atoms with Crippen LogP contribution in [0.5, 0.6) is 11.6 Å². The molecule has 19 heteroatoms. The van der Waals surface area contributed by atoms with Crippen molar-refractivity contribution in [3.8, 4) is 11.6 Å².